The minimum atomic E-state index is -4.31. The van der Waals surface area contributed by atoms with Gasteiger partial charge in [-0.05, 0) is 18.9 Å². The van der Waals surface area contributed by atoms with Crippen LogP contribution in [0.5, 0.6) is 0 Å². The summed E-state index contributed by atoms with van der Waals surface area (Å²) in [5.74, 6) is -1.31. The second-order valence-electron chi connectivity index (χ2n) is 4.83. The summed E-state index contributed by atoms with van der Waals surface area (Å²) in [6, 6.07) is 2.55. The Morgan fingerprint density at radius 3 is 2.59 bits per heavy atom. The van der Waals surface area contributed by atoms with Crippen molar-refractivity contribution in [2.75, 3.05) is 0 Å². The molecule has 2 N–H and O–H groups in total. The number of carboxylic acid groups (broad SMARTS) is 1. The van der Waals surface area contributed by atoms with Crippen LogP contribution in [0.3, 0.4) is 0 Å². The molecule has 0 heterocycles. The van der Waals surface area contributed by atoms with Crippen LogP contribution in [0, 0.1) is 17.0 Å². The summed E-state index contributed by atoms with van der Waals surface area (Å²) in [4.78, 5) is 20.9. The van der Waals surface area contributed by atoms with Crippen LogP contribution in [0.1, 0.15) is 31.7 Å². The normalized spacial score (nSPS) is 12.8. The molecule has 0 radical (unpaired) electrons. The Morgan fingerprint density at radius 1 is 1.45 bits per heavy atom. The van der Waals surface area contributed by atoms with Crippen LogP contribution in [0.15, 0.2) is 23.1 Å². The van der Waals surface area contributed by atoms with E-state index in [0.29, 0.717) is 12.8 Å². The van der Waals surface area contributed by atoms with Crippen LogP contribution < -0.4 is 4.72 Å². The summed E-state index contributed by atoms with van der Waals surface area (Å²) in [5.41, 5.74) is -0.395. The van der Waals surface area contributed by atoms with Gasteiger partial charge in [-0.1, -0.05) is 31.9 Å². The first kappa shape index (κ1) is 18.1. The third-order valence-electron chi connectivity index (χ3n) is 3.10. The molecule has 1 rings (SSSR count). The molecule has 9 heteroatoms. The second kappa shape index (κ2) is 7.32. The highest BCUT2D eigenvalue weighted by molar-refractivity contribution is 7.89. The standard InChI is InChI=1S/C13H18N2O6S/c1-3-4-7-10(13(16)17)14-22(20,21)12-9(2)6-5-8-11(12)15(18)19/h5-6,8,10,14H,3-4,7H2,1-2H3,(H,16,17). The topological polar surface area (TPSA) is 127 Å². The quantitative estimate of drug-likeness (QED) is 0.553. The molecule has 0 fully saturated rings. The fourth-order valence-corrected chi connectivity index (χ4v) is 3.64. The average molecular weight is 330 g/mol. The number of nitro benzene ring substituents is 1. The molecule has 122 valence electrons. The van der Waals surface area contributed by atoms with E-state index in [1.165, 1.54) is 19.1 Å². The molecule has 0 aromatic heterocycles. The fraction of sp³-hybridized carbons (Fsp3) is 0.462. The number of hydrogen-bond acceptors (Lipinski definition) is 5. The third kappa shape index (κ3) is 4.25. The van der Waals surface area contributed by atoms with Gasteiger partial charge in [-0.3, -0.25) is 14.9 Å². The predicted molar refractivity (Wildman–Crippen MR) is 79.1 cm³/mol. The molecule has 1 atom stereocenters. The third-order valence-corrected chi connectivity index (χ3v) is 4.76. The Morgan fingerprint density at radius 2 is 2.09 bits per heavy atom. The van der Waals surface area contributed by atoms with Gasteiger partial charge in [0, 0.05) is 6.07 Å². The largest absolute Gasteiger partial charge is 0.480 e. The summed E-state index contributed by atoms with van der Waals surface area (Å²) >= 11 is 0. The molecule has 8 nitrogen and oxygen atoms in total. The Hall–Kier alpha value is -2.00. The second-order valence-corrected chi connectivity index (χ2v) is 6.49. The van der Waals surface area contributed by atoms with Gasteiger partial charge < -0.3 is 5.11 Å². The van der Waals surface area contributed by atoms with Gasteiger partial charge >= 0.3 is 5.97 Å². The van der Waals surface area contributed by atoms with Gasteiger partial charge in [0.05, 0.1) is 4.92 Å². The number of benzene rings is 1. The van der Waals surface area contributed by atoms with Crippen LogP contribution in [-0.2, 0) is 14.8 Å². The number of hydrogen-bond donors (Lipinski definition) is 2. The summed E-state index contributed by atoms with van der Waals surface area (Å²) < 4.78 is 26.8. The van der Waals surface area contributed by atoms with Crippen molar-refractivity contribution in [3.8, 4) is 0 Å². The lowest BCUT2D eigenvalue weighted by molar-refractivity contribution is -0.387. The molecule has 1 aromatic rings. The smallest absolute Gasteiger partial charge is 0.321 e. The van der Waals surface area contributed by atoms with Gasteiger partial charge in [0.2, 0.25) is 10.0 Å². The van der Waals surface area contributed by atoms with Crippen molar-refractivity contribution in [2.45, 2.75) is 44.0 Å². The molecular weight excluding hydrogens is 312 g/mol. The van der Waals surface area contributed by atoms with E-state index >= 15 is 0 Å². The Bertz CT molecular complexity index is 671. The summed E-state index contributed by atoms with van der Waals surface area (Å²) in [7, 11) is -4.31. The molecule has 0 aliphatic rings. The molecule has 0 amide bonds. The number of carboxylic acids is 1. The Balaban J connectivity index is 3.24. The van der Waals surface area contributed by atoms with Crippen molar-refractivity contribution in [2.24, 2.45) is 0 Å². The van der Waals surface area contributed by atoms with Crippen molar-refractivity contribution in [1.82, 2.24) is 4.72 Å². The number of aliphatic carboxylic acids is 1. The molecule has 1 aromatic carbocycles. The van der Waals surface area contributed by atoms with Crippen molar-refractivity contribution in [3.05, 3.63) is 33.9 Å². The van der Waals surface area contributed by atoms with Gasteiger partial charge in [0.15, 0.2) is 4.90 Å². The van der Waals surface area contributed by atoms with E-state index in [-0.39, 0.29) is 12.0 Å². The molecule has 0 saturated heterocycles. The van der Waals surface area contributed by atoms with Crippen molar-refractivity contribution in [1.29, 1.82) is 0 Å². The zero-order chi connectivity index (χ0) is 16.9. The number of nitro groups is 1. The SMILES string of the molecule is CCCCC(NS(=O)(=O)c1c(C)cccc1[N+](=O)[O-])C(=O)O. The maximum absolute atomic E-state index is 12.4. The van der Waals surface area contributed by atoms with Gasteiger partial charge in [-0.25, -0.2) is 8.42 Å². The first-order valence-corrected chi connectivity index (χ1v) is 8.18. The van der Waals surface area contributed by atoms with Crippen molar-refractivity contribution >= 4 is 21.7 Å². The predicted octanol–water partition coefficient (Wildman–Crippen LogP) is 1.82. The number of unbranched alkanes of at least 4 members (excludes halogenated alkanes) is 1. The molecule has 0 saturated carbocycles. The zero-order valence-corrected chi connectivity index (χ0v) is 13.1. The summed E-state index contributed by atoms with van der Waals surface area (Å²) in [5, 5.41) is 20.1. The zero-order valence-electron chi connectivity index (χ0n) is 12.3. The number of sulfonamides is 1. The van der Waals surface area contributed by atoms with Crippen LogP contribution in [-0.4, -0.2) is 30.5 Å². The summed E-state index contributed by atoms with van der Waals surface area (Å²) in [6.45, 7) is 3.27. The van der Waals surface area contributed by atoms with E-state index in [2.05, 4.69) is 0 Å². The molecule has 0 bridgehead atoms. The van der Waals surface area contributed by atoms with E-state index < -0.39 is 37.5 Å². The molecule has 0 aliphatic carbocycles. The van der Waals surface area contributed by atoms with Gasteiger partial charge in [0.25, 0.3) is 5.69 Å². The molecular formula is C13H18N2O6S. The monoisotopic (exact) mass is 330 g/mol. The Kier molecular flexibility index (Phi) is 6.01. The average Bonchev–Trinajstić information content (AvgIpc) is 2.42. The van der Waals surface area contributed by atoms with Crippen LogP contribution in [0.4, 0.5) is 5.69 Å². The lowest BCUT2D eigenvalue weighted by atomic mass is 10.1. The van der Waals surface area contributed by atoms with Gasteiger partial charge in [-0.2, -0.15) is 4.72 Å². The van der Waals surface area contributed by atoms with E-state index in [1.807, 2.05) is 11.6 Å². The summed E-state index contributed by atoms with van der Waals surface area (Å²) in [6.07, 6.45) is 1.34. The van der Waals surface area contributed by atoms with Crippen LogP contribution >= 0.6 is 0 Å². The number of carbonyl (C=O) groups is 1. The van der Waals surface area contributed by atoms with Gasteiger partial charge in [0.1, 0.15) is 6.04 Å². The molecule has 0 aliphatic heterocycles. The van der Waals surface area contributed by atoms with Crippen molar-refractivity contribution < 1.29 is 23.2 Å². The molecule has 22 heavy (non-hydrogen) atoms. The number of aryl methyl sites for hydroxylation is 1. The highest BCUT2D eigenvalue weighted by Gasteiger charge is 2.31. The minimum Gasteiger partial charge on any atom is -0.480 e. The maximum Gasteiger partial charge on any atom is 0.321 e. The molecule has 1 unspecified atom stereocenters. The fourth-order valence-electron chi connectivity index (χ4n) is 2.02. The van der Waals surface area contributed by atoms with E-state index in [4.69, 9.17) is 5.11 Å². The first-order valence-electron chi connectivity index (χ1n) is 6.69. The Labute approximate surface area is 128 Å². The van der Waals surface area contributed by atoms with Crippen LogP contribution in [0.25, 0.3) is 0 Å². The van der Waals surface area contributed by atoms with E-state index in [9.17, 15) is 23.3 Å². The number of nitrogens with zero attached hydrogens (tertiary/aromatic N) is 1. The van der Waals surface area contributed by atoms with E-state index in [0.717, 1.165) is 6.07 Å². The maximum atomic E-state index is 12.4. The lowest BCUT2D eigenvalue weighted by Crippen LogP contribution is -2.41. The number of nitrogens with one attached hydrogen (secondary N) is 1. The first-order chi connectivity index (χ1) is 10.2. The van der Waals surface area contributed by atoms with Crippen LogP contribution in [0.2, 0.25) is 0 Å². The highest BCUT2D eigenvalue weighted by atomic mass is 32.2. The van der Waals surface area contributed by atoms with Gasteiger partial charge in [-0.15, -0.1) is 0 Å². The molecule has 0 spiro atoms. The highest BCUT2D eigenvalue weighted by Crippen LogP contribution is 2.27. The number of rotatable bonds is 8. The lowest BCUT2D eigenvalue weighted by Gasteiger charge is -2.15. The minimum absolute atomic E-state index is 0.116. The van der Waals surface area contributed by atoms with Crippen molar-refractivity contribution in [3.63, 3.8) is 0 Å². The van der Waals surface area contributed by atoms with E-state index in [1.54, 1.807) is 0 Å².